The number of carbonyl (C=O) groups is 1. The minimum Gasteiger partial charge on any atom is -0.354 e. The van der Waals surface area contributed by atoms with Gasteiger partial charge in [-0.15, -0.1) is 0 Å². The second kappa shape index (κ2) is 8.97. The third-order valence-corrected chi connectivity index (χ3v) is 7.86. The van der Waals surface area contributed by atoms with Crippen LogP contribution in [0.25, 0.3) is 0 Å². The van der Waals surface area contributed by atoms with Gasteiger partial charge in [0.05, 0.1) is 11.9 Å². The molecule has 2 aromatic heterocycles. The Bertz CT molecular complexity index is 1020. The highest BCUT2D eigenvalue weighted by atomic mass is 32.2. The number of anilines is 2. The maximum atomic E-state index is 12.9. The van der Waals surface area contributed by atoms with Gasteiger partial charge >= 0.3 is 0 Å². The Morgan fingerprint density at radius 3 is 2.35 bits per heavy atom. The first kappa shape index (κ1) is 21.8. The smallest absolute Gasteiger partial charge is 0.272 e. The van der Waals surface area contributed by atoms with Crippen molar-refractivity contribution in [3.63, 3.8) is 0 Å². The highest BCUT2D eigenvalue weighted by Crippen LogP contribution is 2.23. The molecule has 2 aliphatic heterocycles. The molecule has 2 fully saturated rings. The molecule has 1 amide bonds. The normalized spacial score (nSPS) is 18.8. The van der Waals surface area contributed by atoms with E-state index >= 15 is 0 Å². The van der Waals surface area contributed by atoms with E-state index in [1.807, 2.05) is 12.1 Å². The fourth-order valence-corrected chi connectivity index (χ4v) is 5.62. The van der Waals surface area contributed by atoms with Crippen molar-refractivity contribution in [2.24, 2.45) is 7.05 Å². The molecule has 2 saturated heterocycles. The standard InChI is InChI=1S/C21H30N6O3S/c1-24-10-12-26(13-11-24)20-7-6-17(15-22-20)23-21(28)19-14-18(16-25(19)2)31(29,30)27-8-4-3-5-9-27/h6-7,14-16H,3-5,8-13H2,1-2H3,(H,23,28). The Morgan fingerprint density at radius 2 is 1.71 bits per heavy atom. The van der Waals surface area contributed by atoms with Crippen LogP contribution in [0.1, 0.15) is 29.8 Å². The minimum absolute atomic E-state index is 0.158. The van der Waals surface area contributed by atoms with Crippen LogP contribution in [0.15, 0.2) is 35.5 Å². The summed E-state index contributed by atoms with van der Waals surface area (Å²) in [7, 11) is 0.206. The van der Waals surface area contributed by atoms with Crippen LogP contribution in [-0.2, 0) is 17.1 Å². The second-order valence-corrected chi connectivity index (χ2v) is 10.2. The average molecular weight is 447 g/mol. The Hall–Kier alpha value is -2.43. The lowest BCUT2D eigenvalue weighted by molar-refractivity contribution is 0.101. The predicted molar refractivity (Wildman–Crippen MR) is 120 cm³/mol. The Labute approximate surface area is 183 Å². The Balaban J connectivity index is 1.44. The predicted octanol–water partition coefficient (Wildman–Crippen LogP) is 1.60. The molecule has 10 heteroatoms. The molecule has 31 heavy (non-hydrogen) atoms. The number of rotatable bonds is 5. The van der Waals surface area contributed by atoms with E-state index < -0.39 is 10.0 Å². The highest BCUT2D eigenvalue weighted by molar-refractivity contribution is 7.89. The summed E-state index contributed by atoms with van der Waals surface area (Å²) in [6.07, 6.45) is 5.94. The number of amides is 1. The highest BCUT2D eigenvalue weighted by Gasteiger charge is 2.28. The molecule has 4 heterocycles. The van der Waals surface area contributed by atoms with Gasteiger partial charge in [-0.1, -0.05) is 6.42 Å². The van der Waals surface area contributed by atoms with Crippen LogP contribution in [0.3, 0.4) is 0 Å². The lowest BCUT2D eigenvalue weighted by Crippen LogP contribution is -2.44. The van der Waals surface area contributed by atoms with Crippen molar-refractivity contribution >= 4 is 27.4 Å². The monoisotopic (exact) mass is 446 g/mol. The summed E-state index contributed by atoms with van der Waals surface area (Å²) in [6.45, 7) is 4.90. The van der Waals surface area contributed by atoms with Gasteiger partial charge in [0.1, 0.15) is 16.4 Å². The van der Waals surface area contributed by atoms with Crippen molar-refractivity contribution in [2.45, 2.75) is 24.2 Å². The average Bonchev–Trinajstić information content (AvgIpc) is 3.18. The Morgan fingerprint density at radius 1 is 1.00 bits per heavy atom. The number of nitrogens with one attached hydrogen (secondary N) is 1. The van der Waals surface area contributed by atoms with Gasteiger partial charge in [-0.05, 0) is 38.1 Å². The number of aromatic nitrogens is 2. The molecule has 168 valence electrons. The van der Waals surface area contributed by atoms with Crippen LogP contribution in [0.4, 0.5) is 11.5 Å². The molecule has 2 aliphatic rings. The zero-order valence-electron chi connectivity index (χ0n) is 18.1. The Kier molecular flexibility index (Phi) is 6.31. The largest absolute Gasteiger partial charge is 0.354 e. The quantitative estimate of drug-likeness (QED) is 0.750. The molecule has 0 saturated carbocycles. The zero-order chi connectivity index (χ0) is 22.0. The van der Waals surface area contributed by atoms with E-state index in [0.29, 0.717) is 24.5 Å². The first-order valence-corrected chi connectivity index (χ1v) is 12.2. The number of piperazine rings is 1. The molecule has 0 atom stereocenters. The van der Waals surface area contributed by atoms with Gasteiger partial charge in [-0.25, -0.2) is 13.4 Å². The number of aryl methyl sites for hydroxylation is 1. The molecule has 0 aromatic carbocycles. The molecule has 0 radical (unpaired) electrons. The first-order valence-electron chi connectivity index (χ1n) is 10.7. The van der Waals surface area contributed by atoms with E-state index in [0.717, 1.165) is 51.3 Å². The van der Waals surface area contributed by atoms with E-state index in [2.05, 4.69) is 27.1 Å². The van der Waals surface area contributed by atoms with E-state index in [4.69, 9.17) is 0 Å². The summed E-state index contributed by atoms with van der Waals surface area (Å²) < 4.78 is 28.9. The fourth-order valence-electron chi connectivity index (χ4n) is 4.03. The summed E-state index contributed by atoms with van der Waals surface area (Å²) in [6, 6.07) is 5.18. The van der Waals surface area contributed by atoms with Gasteiger partial charge in [0.15, 0.2) is 0 Å². The third kappa shape index (κ3) is 4.76. The lowest BCUT2D eigenvalue weighted by Gasteiger charge is -2.33. The molecule has 2 aromatic rings. The number of hydrogen-bond acceptors (Lipinski definition) is 6. The van der Waals surface area contributed by atoms with Gasteiger partial charge in [-0.3, -0.25) is 4.79 Å². The van der Waals surface area contributed by atoms with E-state index in [-0.39, 0.29) is 10.8 Å². The summed E-state index contributed by atoms with van der Waals surface area (Å²) in [5, 5.41) is 2.82. The molecule has 0 aliphatic carbocycles. The number of hydrogen-bond donors (Lipinski definition) is 1. The number of sulfonamides is 1. The molecular formula is C21H30N6O3S. The molecule has 9 nitrogen and oxygen atoms in total. The van der Waals surface area contributed by atoms with Crippen LogP contribution in [-0.4, -0.2) is 79.4 Å². The van der Waals surface area contributed by atoms with Crippen LogP contribution in [0.2, 0.25) is 0 Å². The van der Waals surface area contributed by atoms with Crippen molar-refractivity contribution in [2.75, 3.05) is 56.5 Å². The third-order valence-electron chi connectivity index (χ3n) is 6.00. The van der Waals surface area contributed by atoms with Crippen molar-refractivity contribution in [1.82, 2.24) is 18.8 Å². The first-order chi connectivity index (χ1) is 14.8. The molecule has 4 rings (SSSR count). The molecular weight excluding hydrogens is 416 g/mol. The molecule has 1 N–H and O–H groups in total. The number of piperidine rings is 1. The van der Waals surface area contributed by atoms with Gasteiger partial charge in [-0.2, -0.15) is 4.31 Å². The van der Waals surface area contributed by atoms with Crippen LogP contribution in [0, 0.1) is 0 Å². The molecule has 0 unspecified atom stereocenters. The molecule has 0 spiro atoms. The summed E-state index contributed by atoms with van der Waals surface area (Å²) >= 11 is 0. The zero-order valence-corrected chi connectivity index (χ0v) is 18.9. The fraction of sp³-hybridized carbons (Fsp3) is 0.524. The van der Waals surface area contributed by atoms with Crippen LogP contribution >= 0.6 is 0 Å². The van der Waals surface area contributed by atoms with Gasteiger partial charge < -0.3 is 19.7 Å². The number of nitrogens with zero attached hydrogens (tertiary/aromatic N) is 5. The minimum atomic E-state index is -3.58. The van der Waals surface area contributed by atoms with Gasteiger partial charge in [0.2, 0.25) is 10.0 Å². The summed E-state index contributed by atoms with van der Waals surface area (Å²) in [5.74, 6) is 0.525. The summed E-state index contributed by atoms with van der Waals surface area (Å²) in [5.41, 5.74) is 0.864. The maximum Gasteiger partial charge on any atom is 0.272 e. The lowest BCUT2D eigenvalue weighted by atomic mass is 10.2. The van der Waals surface area contributed by atoms with E-state index in [9.17, 15) is 13.2 Å². The maximum absolute atomic E-state index is 12.9. The van der Waals surface area contributed by atoms with Crippen molar-refractivity contribution in [1.29, 1.82) is 0 Å². The van der Waals surface area contributed by atoms with Crippen molar-refractivity contribution in [3.8, 4) is 0 Å². The van der Waals surface area contributed by atoms with Crippen LogP contribution in [0.5, 0.6) is 0 Å². The van der Waals surface area contributed by atoms with E-state index in [1.54, 1.807) is 17.8 Å². The van der Waals surface area contributed by atoms with Gasteiger partial charge in [0.25, 0.3) is 5.91 Å². The van der Waals surface area contributed by atoms with Crippen LogP contribution < -0.4 is 10.2 Å². The summed E-state index contributed by atoms with van der Waals surface area (Å²) in [4.78, 5) is 21.9. The number of likely N-dealkylation sites (N-methyl/N-ethyl adjacent to an activating group) is 1. The van der Waals surface area contributed by atoms with Crippen molar-refractivity contribution in [3.05, 3.63) is 36.3 Å². The SMILES string of the molecule is CN1CCN(c2ccc(NC(=O)c3cc(S(=O)(=O)N4CCCCC4)cn3C)cn2)CC1. The number of pyridine rings is 1. The second-order valence-electron chi connectivity index (χ2n) is 8.29. The topological polar surface area (TPSA) is 90.8 Å². The van der Waals surface area contributed by atoms with Crippen molar-refractivity contribution < 1.29 is 13.2 Å². The van der Waals surface area contributed by atoms with E-state index in [1.165, 1.54) is 16.6 Å². The van der Waals surface area contributed by atoms with Gasteiger partial charge in [0, 0.05) is 52.5 Å². The molecule has 0 bridgehead atoms. The number of carbonyl (C=O) groups excluding carboxylic acids is 1.